The van der Waals surface area contributed by atoms with Crippen molar-refractivity contribution in [1.29, 1.82) is 0 Å². The van der Waals surface area contributed by atoms with Gasteiger partial charge in [0.15, 0.2) is 0 Å². The summed E-state index contributed by atoms with van der Waals surface area (Å²) in [6.45, 7) is 0.773. The van der Waals surface area contributed by atoms with Crippen molar-refractivity contribution in [3.05, 3.63) is 41.9 Å². The quantitative estimate of drug-likeness (QED) is 0.798. The number of hydrogen-bond donors (Lipinski definition) is 2. The summed E-state index contributed by atoms with van der Waals surface area (Å²) in [5, 5.41) is 2.98. The number of rotatable bonds is 1. The molecule has 1 saturated carbocycles. The highest BCUT2D eigenvalue weighted by molar-refractivity contribution is 5.98. The molecule has 1 amide bonds. The third-order valence-electron chi connectivity index (χ3n) is 4.02. The summed E-state index contributed by atoms with van der Waals surface area (Å²) in [4.78, 5) is 19.4. The monoisotopic (exact) mass is 239 g/mol. The zero-order valence-corrected chi connectivity index (χ0v) is 9.86. The average molecular weight is 239 g/mol. The maximum absolute atomic E-state index is 11.9. The molecule has 2 N–H and O–H groups in total. The van der Waals surface area contributed by atoms with Gasteiger partial charge in [-0.15, -0.1) is 0 Å². The van der Waals surface area contributed by atoms with Crippen LogP contribution < -0.4 is 5.32 Å². The number of nitrogens with one attached hydrogen (secondary N) is 2. The van der Waals surface area contributed by atoms with Crippen molar-refractivity contribution >= 4 is 5.91 Å². The van der Waals surface area contributed by atoms with E-state index in [1.807, 2.05) is 18.2 Å². The lowest BCUT2D eigenvalue weighted by Crippen LogP contribution is -2.38. The molecule has 0 atom stereocenters. The molecule has 0 bridgehead atoms. The van der Waals surface area contributed by atoms with Crippen LogP contribution in [0.5, 0.6) is 0 Å². The van der Waals surface area contributed by atoms with Crippen molar-refractivity contribution in [2.45, 2.75) is 18.3 Å². The molecule has 2 aliphatic rings. The number of aromatic nitrogens is 2. The molecular formula is C14H13N3O. The van der Waals surface area contributed by atoms with E-state index in [-0.39, 0.29) is 11.3 Å². The Morgan fingerprint density at radius 3 is 2.72 bits per heavy atom. The van der Waals surface area contributed by atoms with Crippen molar-refractivity contribution in [2.24, 2.45) is 0 Å². The summed E-state index contributed by atoms with van der Waals surface area (Å²) >= 11 is 0. The number of amides is 1. The van der Waals surface area contributed by atoms with Crippen LogP contribution in [0, 0.1) is 0 Å². The van der Waals surface area contributed by atoms with E-state index in [0.29, 0.717) is 0 Å². The normalized spacial score (nSPS) is 19.4. The van der Waals surface area contributed by atoms with Crippen LogP contribution in [0.25, 0.3) is 11.3 Å². The van der Waals surface area contributed by atoms with Crippen molar-refractivity contribution < 1.29 is 4.79 Å². The second kappa shape index (κ2) is 3.22. The Bertz CT molecular complexity index is 626. The van der Waals surface area contributed by atoms with Crippen molar-refractivity contribution in [3.63, 3.8) is 0 Å². The fourth-order valence-electron chi connectivity index (χ4n) is 2.75. The molecule has 1 aliphatic heterocycles. The number of pyridine rings is 1. The third kappa shape index (κ3) is 1.26. The number of carbonyl (C=O) groups excluding carboxylic acids is 1. The Morgan fingerprint density at radius 1 is 1.22 bits per heavy atom. The predicted molar refractivity (Wildman–Crippen MR) is 67.3 cm³/mol. The number of nitrogens with zero attached hydrogens (tertiary/aromatic N) is 1. The van der Waals surface area contributed by atoms with Gasteiger partial charge in [0.1, 0.15) is 0 Å². The van der Waals surface area contributed by atoms with Gasteiger partial charge in [-0.2, -0.15) is 0 Å². The van der Waals surface area contributed by atoms with Gasteiger partial charge in [0, 0.05) is 41.3 Å². The van der Waals surface area contributed by atoms with Crippen LogP contribution in [-0.2, 0) is 5.41 Å². The van der Waals surface area contributed by atoms with Gasteiger partial charge < -0.3 is 10.3 Å². The molecule has 0 unspecified atom stereocenters. The van der Waals surface area contributed by atoms with Gasteiger partial charge in [-0.25, -0.2) is 0 Å². The van der Waals surface area contributed by atoms with Crippen molar-refractivity contribution in [2.75, 3.05) is 6.54 Å². The minimum absolute atomic E-state index is 0.0408. The topological polar surface area (TPSA) is 57.8 Å². The van der Waals surface area contributed by atoms with Crippen molar-refractivity contribution in [3.8, 4) is 11.3 Å². The maximum atomic E-state index is 11.9. The second-order valence-electron chi connectivity index (χ2n) is 5.17. The molecule has 1 spiro atoms. The minimum atomic E-state index is 0.0408. The summed E-state index contributed by atoms with van der Waals surface area (Å²) in [7, 11) is 0. The summed E-state index contributed by atoms with van der Waals surface area (Å²) in [6.07, 6.45) is 5.86. The first-order valence-corrected chi connectivity index (χ1v) is 6.21. The van der Waals surface area contributed by atoms with Gasteiger partial charge >= 0.3 is 0 Å². The summed E-state index contributed by atoms with van der Waals surface area (Å²) in [5.74, 6) is 0.0408. The third-order valence-corrected chi connectivity index (χ3v) is 4.02. The lowest BCUT2D eigenvalue weighted by molar-refractivity contribution is 0.0937. The van der Waals surface area contributed by atoms with Crippen LogP contribution in [0.1, 0.15) is 28.9 Å². The van der Waals surface area contributed by atoms with Gasteiger partial charge in [-0.05, 0) is 31.0 Å². The standard InChI is InChI=1S/C14H13N3O/c18-13-10-7-11(9-1-5-15-6-2-9)17-12(10)14(3-4-14)8-16-13/h1-2,5-7,17H,3-4,8H2,(H,16,18). The van der Waals surface area contributed by atoms with Crippen molar-refractivity contribution in [1.82, 2.24) is 15.3 Å². The van der Waals surface area contributed by atoms with Crippen LogP contribution in [0.15, 0.2) is 30.6 Å². The van der Waals surface area contributed by atoms with Gasteiger partial charge in [0.05, 0.1) is 5.56 Å². The highest BCUT2D eigenvalue weighted by Crippen LogP contribution is 2.50. The molecule has 2 aromatic heterocycles. The molecule has 1 aliphatic carbocycles. The van der Waals surface area contributed by atoms with E-state index in [2.05, 4.69) is 15.3 Å². The Morgan fingerprint density at radius 2 is 2.00 bits per heavy atom. The molecule has 0 aromatic carbocycles. The van der Waals surface area contributed by atoms with E-state index in [1.165, 1.54) is 0 Å². The first-order chi connectivity index (χ1) is 8.78. The lowest BCUT2D eigenvalue weighted by Gasteiger charge is -2.21. The number of fused-ring (bicyclic) bond motifs is 2. The van der Waals surface area contributed by atoms with Crippen LogP contribution >= 0.6 is 0 Å². The minimum Gasteiger partial charge on any atom is -0.357 e. The fraction of sp³-hybridized carbons (Fsp3) is 0.286. The van der Waals surface area contributed by atoms with E-state index in [0.717, 1.165) is 41.9 Å². The van der Waals surface area contributed by atoms with E-state index in [4.69, 9.17) is 0 Å². The average Bonchev–Trinajstić information content (AvgIpc) is 3.04. The van der Waals surface area contributed by atoms with Crippen LogP contribution in [0.3, 0.4) is 0 Å². The van der Waals surface area contributed by atoms with Gasteiger partial charge in [0.2, 0.25) is 0 Å². The molecule has 1 fully saturated rings. The number of H-pyrrole nitrogens is 1. The highest BCUT2D eigenvalue weighted by Gasteiger charge is 2.50. The van der Waals surface area contributed by atoms with Gasteiger partial charge in [0.25, 0.3) is 5.91 Å². The van der Waals surface area contributed by atoms with Crippen LogP contribution in [0.4, 0.5) is 0 Å². The maximum Gasteiger partial charge on any atom is 0.253 e. The molecule has 0 radical (unpaired) electrons. The first-order valence-electron chi connectivity index (χ1n) is 6.21. The van der Waals surface area contributed by atoms with E-state index in [9.17, 15) is 4.79 Å². The molecule has 4 nitrogen and oxygen atoms in total. The number of aromatic amines is 1. The largest absolute Gasteiger partial charge is 0.357 e. The smallest absolute Gasteiger partial charge is 0.253 e. The second-order valence-corrected chi connectivity index (χ2v) is 5.17. The molecule has 0 saturated heterocycles. The van der Waals surface area contributed by atoms with Crippen LogP contribution in [0.2, 0.25) is 0 Å². The zero-order chi connectivity index (χ0) is 12.2. The summed E-state index contributed by atoms with van der Waals surface area (Å²) in [6, 6.07) is 5.86. The van der Waals surface area contributed by atoms with Gasteiger partial charge in [-0.3, -0.25) is 9.78 Å². The molecule has 90 valence electrons. The van der Waals surface area contributed by atoms with E-state index < -0.39 is 0 Å². The zero-order valence-electron chi connectivity index (χ0n) is 9.86. The summed E-state index contributed by atoms with van der Waals surface area (Å²) < 4.78 is 0. The first kappa shape index (κ1) is 9.88. The van der Waals surface area contributed by atoms with E-state index >= 15 is 0 Å². The molecule has 3 heterocycles. The molecule has 2 aromatic rings. The Hall–Kier alpha value is -2.10. The molecule has 18 heavy (non-hydrogen) atoms. The number of hydrogen-bond acceptors (Lipinski definition) is 2. The summed E-state index contributed by atoms with van der Waals surface area (Å²) in [5.41, 5.74) is 4.20. The highest BCUT2D eigenvalue weighted by atomic mass is 16.1. The number of carbonyl (C=O) groups is 1. The van der Waals surface area contributed by atoms with Crippen LogP contribution in [-0.4, -0.2) is 22.4 Å². The Balaban J connectivity index is 1.87. The predicted octanol–water partition coefficient (Wildman–Crippen LogP) is 1.85. The fourth-order valence-corrected chi connectivity index (χ4v) is 2.75. The molecule has 4 heteroatoms. The molecular weight excluding hydrogens is 226 g/mol. The SMILES string of the molecule is O=C1NCC2(CC2)c2[nH]c(-c3ccncc3)cc21. The Kier molecular flexibility index (Phi) is 1.77. The Labute approximate surface area is 104 Å². The van der Waals surface area contributed by atoms with E-state index in [1.54, 1.807) is 12.4 Å². The lowest BCUT2D eigenvalue weighted by atomic mass is 9.95. The van der Waals surface area contributed by atoms with Gasteiger partial charge in [-0.1, -0.05) is 0 Å². The molecule has 4 rings (SSSR count).